The fourth-order valence-electron chi connectivity index (χ4n) is 6.96. The summed E-state index contributed by atoms with van der Waals surface area (Å²) in [4.78, 5) is 13.2. The van der Waals surface area contributed by atoms with Gasteiger partial charge in [-0.05, 0) is 31.6 Å². The number of aliphatic hydroxyl groups excluding tert-OH is 1. The minimum Gasteiger partial charge on any atom is -0.389 e. The summed E-state index contributed by atoms with van der Waals surface area (Å²) in [5.41, 5.74) is -0.893. The maximum atomic E-state index is 13.2. The van der Waals surface area contributed by atoms with Crippen LogP contribution in [0.5, 0.6) is 0 Å². The zero-order chi connectivity index (χ0) is 18.0. The molecule has 4 aliphatic rings. The molecule has 8 atom stereocenters. The summed E-state index contributed by atoms with van der Waals surface area (Å²) in [5.74, 6) is -1.72. The molecule has 2 aliphatic heterocycles. The summed E-state index contributed by atoms with van der Waals surface area (Å²) in [6.45, 7) is 7.62. The smallest absolute Gasteiger partial charge is 0.170 e. The van der Waals surface area contributed by atoms with Gasteiger partial charge in [-0.3, -0.25) is 4.79 Å². The molecule has 4 fully saturated rings. The number of carbonyl (C=O) groups is 1. The number of hydrogen-bond donors (Lipinski definition) is 2. The lowest BCUT2D eigenvalue weighted by Crippen LogP contribution is -2.49. The lowest BCUT2D eigenvalue weighted by Gasteiger charge is -2.41. The van der Waals surface area contributed by atoms with Gasteiger partial charge in [0, 0.05) is 29.6 Å². The number of carbonyl (C=O) groups excluding carboxylic acids is 1. The van der Waals surface area contributed by atoms with E-state index in [1.807, 2.05) is 13.8 Å². The zero-order valence-corrected chi connectivity index (χ0v) is 15.5. The number of ether oxygens (including phenoxy) is 1. The summed E-state index contributed by atoms with van der Waals surface area (Å²) in [6.07, 6.45) is 8.57. The number of aliphatic hydroxyl groups is 2. The number of ketones is 1. The van der Waals surface area contributed by atoms with Crippen molar-refractivity contribution >= 4 is 5.78 Å². The van der Waals surface area contributed by atoms with Crippen LogP contribution < -0.4 is 0 Å². The molecule has 0 aromatic rings. The molecule has 140 valence electrons. The van der Waals surface area contributed by atoms with Crippen molar-refractivity contribution in [2.24, 2.45) is 29.1 Å². The normalized spacial score (nSPS) is 53.5. The fraction of sp³-hybridized carbons (Fsp3) is 0.857. The largest absolute Gasteiger partial charge is 0.389 e. The van der Waals surface area contributed by atoms with Crippen molar-refractivity contribution in [3.8, 4) is 0 Å². The molecule has 1 spiro atoms. The number of Topliss-reactive ketones (excluding diaryl/α,β-unsaturated/α-hetero) is 1. The first-order chi connectivity index (χ1) is 11.8. The Hall–Kier alpha value is -0.710. The SMILES string of the molecule is C=C[C@H](O)[C@H]1[C@H](C)C(=O)[C@@]2(C)CC[C@]34CCCCC[C@H]3C[C@@](O)(O4)[C@@H]12. The van der Waals surface area contributed by atoms with Crippen LogP contribution in [0.2, 0.25) is 0 Å². The van der Waals surface area contributed by atoms with Gasteiger partial charge < -0.3 is 14.9 Å². The van der Waals surface area contributed by atoms with Gasteiger partial charge in [-0.1, -0.05) is 39.2 Å². The van der Waals surface area contributed by atoms with E-state index in [2.05, 4.69) is 6.58 Å². The maximum absolute atomic E-state index is 13.2. The predicted octanol–water partition coefficient (Wildman–Crippen LogP) is 3.21. The first-order valence-electron chi connectivity index (χ1n) is 10.0. The maximum Gasteiger partial charge on any atom is 0.170 e. The Morgan fingerprint density at radius 2 is 2.04 bits per heavy atom. The molecule has 4 heteroatoms. The molecule has 4 rings (SSSR count). The topological polar surface area (TPSA) is 66.8 Å². The average Bonchev–Trinajstić information content (AvgIpc) is 2.82. The molecule has 2 heterocycles. The molecular formula is C21H32O4. The highest BCUT2D eigenvalue weighted by atomic mass is 16.6. The summed E-state index contributed by atoms with van der Waals surface area (Å²) >= 11 is 0. The first kappa shape index (κ1) is 17.7. The van der Waals surface area contributed by atoms with E-state index < -0.39 is 17.3 Å². The monoisotopic (exact) mass is 348 g/mol. The standard InChI is InChI=1S/C21H32O4/c1-4-15(22)16-13(2)18(23)19(3)10-11-20-9-7-5-6-8-14(20)12-21(24,25-20)17(16)19/h4,13-17,22,24H,1,5-12H2,2-3H3/t13-,14-,15-,16+,17-,19-,20+,21+/m0/s1. The Labute approximate surface area is 150 Å². The van der Waals surface area contributed by atoms with E-state index in [0.717, 1.165) is 32.1 Å². The third kappa shape index (κ3) is 2.26. The Kier molecular flexibility index (Phi) is 3.99. The van der Waals surface area contributed by atoms with Gasteiger partial charge in [0.2, 0.25) is 0 Å². The molecule has 2 bridgehead atoms. The van der Waals surface area contributed by atoms with E-state index in [4.69, 9.17) is 4.74 Å². The van der Waals surface area contributed by atoms with Crippen LogP contribution in [0, 0.1) is 29.1 Å². The number of fused-ring (bicyclic) bond motifs is 3. The van der Waals surface area contributed by atoms with Crippen LogP contribution >= 0.6 is 0 Å². The van der Waals surface area contributed by atoms with E-state index in [9.17, 15) is 15.0 Å². The second-order valence-corrected chi connectivity index (χ2v) is 9.36. The van der Waals surface area contributed by atoms with E-state index in [1.165, 1.54) is 18.9 Å². The van der Waals surface area contributed by atoms with Crippen LogP contribution in [-0.2, 0) is 9.53 Å². The van der Waals surface area contributed by atoms with Gasteiger partial charge in [-0.2, -0.15) is 0 Å². The van der Waals surface area contributed by atoms with Crippen LogP contribution in [0.1, 0.15) is 65.2 Å². The van der Waals surface area contributed by atoms with Crippen molar-refractivity contribution in [2.45, 2.75) is 82.7 Å². The van der Waals surface area contributed by atoms with Gasteiger partial charge >= 0.3 is 0 Å². The summed E-state index contributed by atoms with van der Waals surface area (Å²) in [5, 5.41) is 22.3. The molecule has 2 aliphatic carbocycles. The second-order valence-electron chi connectivity index (χ2n) is 9.36. The predicted molar refractivity (Wildman–Crippen MR) is 94.7 cm³/mol. The van der Waals surface area contributed by atoms with E-state index >= 15 is 0 Å². The van der Waals surface area contributed by atoms with Crippen molar-refractivity contribution in [3.63, 3.8) is 0 Å². The van der Waals surface area contributed by atoms with Crippen molar-refractivity contribution < 1.29 is 19.7 Å². The Balaban J connectivity index is 1.80. The molecule has 2 saturated heterocycles. The van der Waals surface area contributed by atoms with Crippen molar-refractivity contribution in [3.05, 3.63) is 12.7 Å². The highest BCUT2D eigenvalue weighted by molar-refractivity contribution is 5.90. The lowest BCUT2D eigenvalue weighted by molar-refractivity contribution is -0.267. The van der Waals surface area contributed by atoms with Crippen LogP contribution in [0.25, 0.3) is 0 Å². The average molecular weight is 348 g/mol. The quantitative estimate of drug-likeness (QED) is 0.752. The van der Waals surface area contributed by atoms with Crippen molar-refractivity contribution in [1.82, 2.24) is 0 Å². The molecule has 0 aromatic heterocycles. The third-order valence-corrected chi connectivity index (χ3v) is 8.13. The molecule has 2 N–H and O–H groups in total. The Bertz CT molecular complexity index is 588. The first-order valence-corrected chi connectivity index (χ1v) is 10.0. The molecule has 0 amide bonds. The molecule has 0 radical (unpaired) electrons. The Morgan fingerprint density at radius 3 is 2.76 bits per heavy atom. The summed E-state index contributed by atoms with van der Waals surface area (Å²) < 4.78 is 6.54. The highest BCUT2D eigenvalue weighted by Gasteiger charge is 2.71. The third-order valence-electron chi connectivity index (χ3n) is 8.13. The fourth-order valence-corrected chi connectivity index (χ4v) is 6.96. The summed E-state index contributed by atoms with van der Waals surface area (Å²) in [6, 6.07) is 0. The zero-order valence-electron chi connectivity index (χ0n) is 15.5. The van der Waals surface area contributed by atoms with Crippen LogP contribution in [0.15, 0.2) is 12.7 Å². The Morgan fingerprint density at radius 1 is 1.28 bits per heavy atom. The van der Waals surface area contributed by atoms with Crippen molar-refractivity contribution in [1.29, 1.82) is 0 Å². The highest BCUT2D eigenvalue weighted by Crippen LogP contribution is 2.65. The minimum absolute atomic E-state index is 0.176. The van der Waals surface area contributed by atoms with E-state index in [1.54, 1.807) is 0 Å². The van der Waals surface area contributed by atoms with E-state index in [0.29, 0.717) is 12.3 Å². The van der Waals surface area contributed by atoms with E-state index in [-0.39, 0.29) is 29.1 Å². The van der Waals surface area contributed by atoms with Crippen LogP contribution in [-0.4, -0.2) is 33.5 Å². The summed E-state index contributed by atoms with van der Waals surface area (Å²) in [7, 11) is 0. The molecule has 4 nitrogen and oxygen atoms in total. The van der Waals surface area contributed by atoms with Gasteiger partial charge in [0.05, 0.1) is 11.7 Å². The number of hydrogen-bond acceptors (Lipinski definition) is 4. The molecule has 0 unspecified atom stereocenters. The second kappa shape index (κ2) is 5.64. The van der Waals surface area contributed by atoms with Crippen LogP contribution in [0.4, 0.5) is 0 Å². The van der Waals surface area contributed by atoms with Gasteiger partial charge in [-0.25, -0.2) is 0 Å². The minimum atomic E-state index is -1.30. The molecule has 2 saturated carbocycles. The molecule has 0 aromatic carbocycles. The number of rotatable bonds is 2. The van der Waals surface area contributed by atoms with Gasteiger partial charge in [-0.15, -0.1) is 6.58 Å². The molecular weight excluding hydrogens is 316 g/mol. The van der Waals surface area contributed by atoms with Gasteiger partial charge in [0.25, 0.3) is 0 Å². The van der Waals surface area contributed by atoms with Crippen LogP contribution in [0.3, 0.4) is 0 Å². The lowest BCUT2D eigenvalue weighted by atomic mass is 9.63. The van der Waals surface area contributed by atoms with Crippen molar-refractivity contribution in [2.75, 3.05) is 0 Å². The van der Waals surface area contributed by atoms with Gasteiger partial charge in [0.1, 0.15) is 5.78 Å². The molecule has 25 heavy (non-hydrogen) atoms. The van der Waals surface area contributed by atoms with Gasteiger partial charge in [0.15, 0.2) is 5.79 Å².